The summed E-state index contributed by atoms with van der Waals surface area (Å²) < 4.78 is 9.92. The predicted octanol–water partition coefficient (Wildman–Crippen LogP) is 0.912. The summed E-state index contributed by atoms with van der Waals surface area (Å²) in [4.78, 5) is 13.8. The molecule has 5 nitrogen and oxygen atoms in total. The lowest BCUT2D eigenvalue weighted by Gasteiger charge is -2.21. The first-order valence-electron chi connectivity index (χ1n) is 6.09. The smallest absolute Gasteiger partial charge is 0.254 e. The van der Waals surface area contributed by atoms with Gasteiger partial charge in [0.25, 0.3) is 5.91 Å². The Kier molecular flexibility index (Phi) is 6.49. The van der Waals surface area contributed by atoms with Crippen molar-refractivity contribution in [1.82, 2.24) is 4.90 Å². The van der Waals surface area contributed by atoms with E-state index < -0.39 is 6.10 Å². The van der Waals surface area contributed by atoms with Crippen molar-refractivity contribution in [3.63, 3.8) is 0 Å². The summed E-state index contributed by atoms with van der Waals surface area (Å²) >= 11 is 0. The Hall–Kier alpha value is -1.43. The number of benzene rings is 1. The zero-order chi connectivity index (χ0) is 14.3. The van der Waals surface area contributed by atoms with Crippen molar-refractivity contribution in [2.24, 2.45) is 0 Å². The Balaban J connectivity index is 2.76. The van der Waals surface area contributed by atoms with E-state index in [1.165, 1.54) is 12.0 Å². The van der Waals surface area contributed by atoms with Crippen molar-refractivity contribution in [3.05, 3.63) is 35.4 Å². The molecule has 0 radical (unpaired) electrons. The fourth-order valence-corrected chi connectivity index (χ4v) is 1.86. The van der Waals surface area contributed by atoms with Gasteiger partial charge in [0.05, 0.1) is 19.3 Å². The number of likely N-dealkylation sites (N-methyl/N-ethyl adjacent to an activating group) is 1. The van der Waals surface area contributed by atoms with E-state index in [2.05, 4.69) is 0 Å². The Morgan fingerprint density at radius 2 is 2.00 bits per heavy atom. The molecule has 1 N–H and O–H groups in total. The first-order chi connectivity index (χ1) is 9.10. The van der Waals surface area contributed by atoms with Crippen molar-refractivity contribution in [2.75, 3.05) is 34.4 Å². The van der Waals surface area contributed by atoms with Crippen LogP contribution >= 0.6 is 0 Å². The van der Waals surface area contributed by atoms with Gasteiger partial charge in [-0.05, 0) is 11.6 Å². The fraction of sp³-hybridized carbons (Fsp3) is 0.500. The molecular formula is C14H21NO4. The zero-order valence-corrected chi connectivity index (χ0v) is 11.6. The summed E-state index contributed by atoms with van der Waals surface area (Å²) in [7, 11) is 4.76. The van der Waals surface area contributed by atoms with Gasteiger partial charge in [-0.15, -0.1) is 0 Å². The summed E-state index contributed by atoms with van der Waals surface area (Å²) in [6.07, 6.45) is -0.687. The number of nitrogens with zero attached hydrogens (tertiary/aromatic N) is 1. The second kappa shape index (κ2) is 7.89. The topological polar surface area (TPSA) is 59.0 Å². The van der Waals surface area contributed by atoms with E-state index in [0.717, 1.165) is 5.56 Å². The first kappa shape index (κ1) is 15.6. The average Bonchev–Trinajstić information content (AvgIpc) is 2.39. The molecule has 0 saturated carbocycles. The summed E-state index contributed by atoms with van der Waals surface area (Å²) in [5.41, 5.74) is 1.43. The maximum atomic E-state index is 12.3. The minimum absolute atomic E-state index is 0.136. The van der Waals surface area contributed by atoms with E-state index in [4.69, 9.17) is 9.47 Å². The number of aliphatic hydroxyl groups excluding tert-OH is 1. The van der Waals surface area contributed by atoms with Crippen LogP contribution in [0.1, 0.15) is 15.9 Å². The van der Waals surface area contributed by atoms with Crippen molar-refractivity contribution in [3.8, 4) is 0 Å². The molecule has 0 saturated heterocycles. The Bertz CT molecular complexity index is 408. The highest BCUT2D eigenvalue weighted by Gasteiger charge is 2.17. The van der Waals surface area contributed by atoms with Gasteiger partial charge in [0.1, 0.15) is 0 Å². The lowest BCUT2D eigenvalue weighted by atomic mass is 10.1. The number of hydrogen-bond acceptors (Lipinski definition) is 4. The third-order valence-corrected chi connectivity index (χ3v) is 2.74. The van der Waals surface area contributed by atoms with E-state index in [1.54, 1.807) is 20.2 Å². The summed E-state index contributed by atoms with van der Waals surface area (Å²) in [6, 6.07) is 7.29. The Labute approximate surface area is 113 Å². The lowest BCUT2D eigenvalue weighted by molar-refractivity contribution is 0.0379. The zero-order valence-electron chi connectivity index (χ0n) is 11.6. The van der Waals surface area contributed by atoms with Crippen LogP contribution < -0.4 is 0 Å². The molecule has 1 atom stereocenters. The van der Waals surface area contributed by atoms with E-state index in [9.17, 15) is 9.90 Å². The summed E-state index contributed by atoms with van der Waals surface area (Å²) in [5.74, 6) is -0.136. The van der Waals surface area contributed by atoms with Crippen LogP contribution in [-0.4, -0.2) is 56.4 Å². The highest BCUT2D eigenvalue weighted by molar-refractivity contribution is 5.95. The third kappa shape index (κ3) is 4.63. The fourth-order valence-electron chi connectivity index (χ4n) is 1.86. The monoisotopic (exact) mass is 267 g/mol. The molecule has 0 aromatic heterocycles. The molecule has 1 rings (SSSR count). The predicted molar refractivity (Wildman–Crippen MR) is 72.0 cm³/mol. The van der Waals surface area contributed by atoms with Crippen LogP contribution in [-0.2, 0) is 16.1 Å². The lowest BCUT2D eigenvalue weighted by Crippen LogP contribution is -2.36. The van der Waals surface area contributed by atoms with Crippen LogP contribution in [0, 0.1) is 0 Å². The van der Waals surface area contributed by atoms with Crippen LogP contribution in [0.3, 0.4) is 0 Å². The molecule has 1 aromatic rings. The number of aliphatic hydroxyl groups is 1. The maximum absolute atomic E-state index is 12.3. The molecule has 0 fully saturated rings. The maximum Gasteiger partial charge on any atom is 0.254 e. The molecule has 1 aromatic carbocycles. The van der Waals surface area contributed by atoms with Crippen LogP contribution in [0.5, 0.6) is 0 Å². The summed E-state index contributed by atoms with van der Waals surface area (Å²) in [6.45, 7) is 0.821. The van der Waals surface area contributed by atoms with Gasteiger partial charge < -0.3 is 19.5 Å². The molecule has 0 aliphatic heterocycles. The minimum Gasteiger partial charge on any atom is -0.389 e. The molecule has 5 heteroatoms. The number of carbonyl (C=O) groups excluding carboxylic acids is 1. The number of hydrogen-bond donors (Lipinski definition) is 1. The molecular weight excluding hydrogens is 246 g/mol. The van der Waals surface area contributed by atoms with Crippen LogP contribution in [0.4, 0.5) is 0 Å². The second-order valence-electron chi connectivity index (χ2n) is 4.39. The highest BCUT2D eigenvalue weighted by Crippen LogP contribution is 2.12. The Morgan fingerprint density at radius 3 is 2.63 bits per heavy atom. The van der Waals surface area contributed by atoms with E-state index in [1.807, 2.05) is 18.2 Å². The molecule has 106 valence electrons. The van der Waals surface area contributed by atoms with E-state index in [-0.39, 0.29) is 19.1 Å². The average molecular weight is 267 g/mol. The molecule has 1 amide bonds. The number of amides is 1. The second-order valence-corrected chi connectivity index (χ2v) is 4.39. The van der Waals surface area contributed by atoms with E-state index in [0.29, 0.717) is 12.2 Å². The number of ether oxygens (including phenoxy) is 2. The van der Waals surface area contributed by atoms with Crippen LogP contribution in [0.2, 0.25) is 0 Å². The van der Waals surface area contributed by atoms with Crippen molar-refractivity contribution >= 4 is 5.91 Å². The van der Waals surface area contributed by atoms with Gasteiger partial charge in [0, 0.05) is 33.4 Å². The van der Waals surface area contributed by atoms with Crippen molar-refractivity contribution in [1.29, 1.82) is 0 Å². The minimum atomic E-state index is -0.687. The molecule has 0 spiro atoms. The first-order valence-corrected chi connectivity index (χ1v) is 6.09. The SMILES string of the molecule is COCc1ccccc1C(=O)N(C)CC(O)COC. The number of carbonyl (C=O) groups is 1. The molecule has 1 unspecified atom stereocenters. The normalized spacial score (nSPS) is 12.2. The molecule has 19 heavy (non-hydrogen) atoms. The van der Waals surface area contributed by atoms with Crippen molar-refractivity contribution < 1.29 is 19.4 Å². The number of rotatable bonds is 7. The van der Waals surface area contributed by atoms with Gasteiger partial charge in [0.2, 0.25) is 0 Å². The van der Waals surface area contributed by atoms with Gasteiger partial charge in [0.15, 0.2) is 0 Å². The van der Waals surface area contributed by atoms with E-state index >= 15 is 0 Å². The number of methoxy groups -OCH3 is 2. The quantitative estimate of drug-likeness (QED) is 0.798. The van der Waals surface area contributed by atoms with Gasteiger partial charge in [-0.1, -0.05) is 18.2 Å². The molecule has 0 bridgehead atoms. The third-order valence-electron chi connectivity index (χ3n) is 2.74. The highest BCUT2D eigenvalue weighted by atomic mass is 16.5. The molecule has 0 heterocycles. The standard InChI is InChI=1S/C14H21NO4/c1-15(8-12(16)10-19-3)14(17)13-7-5-4-6-11(13)9-18-2/h4-7,12,16H,8-10H2,1-3H3. The van der Waals surface area contributed by atoms with Gasteiger partial charge in [-0.25, -0.2) is 0 Å². The van der Waals surface area contributed by atoms with Gasteiger partial charge >= 0.3 is 0 Å². The summed E-state index contributed by atoms with van der Waals surface area (Å²) in [5, 5.41) is 9.64. The van der Waals surface area contributed by atoms with Crippen LogP contribution in [0.15, 0.2) is 24.3 Å². The van der Waals surface area contributed by atoms with Gasteiger partial charge in [-0.2, -0.15) is 0 Å². The molecule has 0 aliphatic carbocycles. The van der Waals surface area contributed by atoms with Crippen molar-refractivity contribution in [2.45, 2.75) is 12.7 Å². The largest absolute Gasteiger partial charge is 0.389 e. The van der Waals surface area contributed by atoms with Gasteiger partial charge in [-0.3, -0.25) is 4.79 Å². The van der Waals surface area contributed by atoms with Crippen LogP contribution in [0.25, 0.3) is 0 Å². The molecule has 0 aliphatic rings. The Morgan fingerprint density at radius 1 is 1.32 bits per heavy atom.